The van der Waals surface area contributed by atoms with Crippen LogP contribution in [-0.4, -0.2) is 96.7 Å². The maximum absolute atomic E-state index is 13.1. The van der Waals surface area contributed by atoms with Crippen molar-refractivity contribution in [1.82, 2.24) is 0 Å². The molecule has 0 saturated carbocycles. The topological polar surface area (TPSA) is 237 Å². The van der Waals surface area contributed by atoms with Crippen molar-refractivity contribution in [3.8, 4) is 0 Å². The van der Waals surface area contributed by atoms with Gasteiger partial charge >= 0.3 is 39.5 Å². The summed E-state index contributed by atoms with van der Waals surface area (Å²) in [7, 11) is -9.92. The van der Waals surface area contributed by atoms with E-state index < -0.39 is 97.5 Å². The van der Waals surface area contributed by atoms with Gasteiger partial charge in [-0.1, -0.05) is 357 Å². The summed E-state index contributed by atoms with van der Waals surface area (Å²) in [5.74, 6) is 0.967. The van der Waals surface area contributed by atoms with Crippen molar-refractivity contribution in [2.75, 3.05) is 39.6 Å². The van der Waals surface area contributed by atoms with Gasteiger partial charge in [0, 0.05) is 25.7 Å². The van der Waals surface area contributed by atoms with E-state index in [1.54, 1.807) is 0 Å². The number of carbonyl (C=O) groups is 4. The summed E-state index contributed by atoms with van der Waals surface area (Å²) >= 11 is 0. The van der Waals surface area contributed by atoms with Crippen LogP contribution in [0.2, 0.25) is 0 Å². The molecule has 0 aromatic rings. The van der Waals surface area contributed by atoms with Crippen molar-refractivity contribution >= 4 is 39.5 Å². The number of phosphoric ester groups is 2. The van der Waals surface area contributed by atoms with Gasteiger partial charge in [-0.3, -0.25) is 37.3 Å². The van der Waals surface area contributed by atoms with Crippen LogP contribution in [0.15, 0.2) is 0 Å². The van der Waals surface area contributed by atoms with Gasteiger partial charge in [0.15, 0.2) is 12.2 Å². The number of rotatable bonds is 77. The Balaban J connectivity index is 5.19. The molecule has 0 aromatic heterocycles. The van der Waals surface area contributed by atoms with Gasteiger partial charge in [-0.15, -0.1) is 0 Å². The Labute approximate surface area is 607 Å². The second-order valence-electron chi connectivity index (χ2n) is 30.5. The van der Waals surface area contributed by atoms with Crippen molar-refractivity contribution < 1.29 is 80.2 Å². The van der Waals surface area contributed by atoms with E-state index in [1.165, 1.54) is 205 Å². The second kappa shape index (κ2) is 69.1. The third-order valence-electron chi connectivity index (χ3n) is 18.9. The Hall–Kier alpha value is -1.94. The molecule has 19 heteroatoms. The minimum Gasteiger partial charge on any atom is -0.462 e. The number of aliphatic hydroxyl groups is 1. The van der Waals surface area contributed by atoms with Crippen molar-refractivity contribution in [3.63, 3.8) is 0 Å². The van der Waals surface area contributed by atoms with Crippen molar-refractivity contribution in [2.24, 2.45) is 23.7 Å². The fraction of sp³-hybridized carbons (Fsp3) is 0.950. The number of esters is 4. The Morgan fingerprint density at radius 1 is 0.283 bits per heavy atom. The zero-order chi connectivity index (χ0) is 73.1. The summed E-state index contributed by atoms with van der Waals surface area (Å²) in [6.45, 7) is 14.2. The molecule has 4 unspecified atom stereocenters. The van der Waals surface area contributed by atoms with E-state index in [1.807, 2.05) is 0 Å². The molecule has 3 N–H and O–H groups in total. The van der Waals surface area contributed by atoms with E-state index in [0.717, 1.165) is 114 Å². The monoisotopic (exact) mass is 1450 g/mol. The van der Waals surface area contributed by atoms with Gasteiger partial charge < -0.3 is 33.8 Å². The predicted octanol–water partition coefficient (Wildman–Crippen LogP) is 23.6. The van der Waals surface area contributed by atoms with Crippen LogP contribution in [-0.2, 0) is 65.4 Å². The molecule has 0 saturated heterocycles. The molecule has 0 aliphatic rings. The molecular formula is C80H156O17P2. The van der Waals surface area contributed by atoms with E-state index in [4.69, 9.17) is 37.0 Å². The van der Waals surface area contributed by atoms with Crippen LogP contribution in [0, 0.1) is 23.7 Å². The largest absolute Gasteiger partial charge is 0.472 e. The first-order valence-electron chi connectivity index (χ1n) is 41.2. The van der Waals surface area contributed by atoms with Crippen LogP contribution in [0.1, 0.15) is 409 Å². The Morgan fingerprint density at radius 2 is 0.485 bits per heavy atom. The first-order valence-corrected chi connectivity index (χ1v) is 44.2. The minimum absolute atomic E-state index is 0.106. The average molecular weight is 1450 g/mol. The Morgan fingerprint density at radius 3 is 0.717 bits per heavy atom. The average Bonchev–Trinajstić information content (AvgIpc) is 0.988. The zero-order valence-corrected chi connectivity index (χ0v) is 66.9. The molecule has 17 nitrogen and oxygen atoms in total. The quantitative estimate of drug-likeness (QED) is 0.0222. The highest BCUT2D eigenvalue weighted by molar-refractivity contribution is 7.47. The molecule has 0 aliphatic carbocycles. The van der Waals surface area contributed by atoms with Gasteiger partial charge in [0.05, 0.1) is 26.4 Å². The van der Waals surface area contributed by atoms with E-state index in [9.17, 15) is 43.2 Å². The number of phosphoric acid groups is 2. The lowest BCUT2D eigenvalue weighted by atomic mass is 9.99. The first kappa shape index (κ1) is 97.1. The number of aliphatic hydroxyl groups excluding tert-OH is 1. The molecule has 0 rings (SSSR count). The van der Waals surface area contributed by atoms with Gasteiger partial charge in [-0.2, -0.15) is 0 Å². The van der Waals surface area contributed by atoms with Crippen molar-refractivity contribution in [2.45, 2.75) is 427 Å². The van der Waals surface area contributed by atoms with Crippen LogP contribution in [0.5, 0.6) is 0 Å². The minimum atomic E-state index is -4.96. The van der Waals surface area contributed by atoms with Gasteiger partial charge in [-0.25, -0.2) is 9.13 Å². The van der Waals surface area contributed by atoms with E-state index in [2.05, 4.69) is 55.4 Å². The highest BCUT2D eigenvalue weighted by Gasteiger charge is 2.30. The third-order valence-corrected chi connectivity index (χ3v) is 20.8. The number of hydrogen-bond acceptors (Lipinski definition) is 15. The molecule has 6 atom stereocenters. The number of ether oxygens (including phenoxy) is 4. The number of unbranched alkanes of at least 4 members (excludes halogenated alkanes) is 42. The van der Waals surface area contributed by atoms with E-state index in [-0.39, 0.29) is 25.7 Å². The van der Waals surface area contributed by atoms with Gasteiger partial charge in [0.1, 0.15) is 19.3 Å². The maximum atomic E-state index is 13.1. The summed E-state index contributed by atoms with van der Waals surface area (Å²) in [6.07, 6.45) is 55.6. The van der Waals surface area contributed by atoms with Crippen LogP contribution < -0.4 is 0 Å². The molecule has 99 heavy (non-hydrogen) atoms. The van der Waals surface area contributed by atoms with Crippen LogP contribution >= 0.6 is 15.6 Å². The van der Waals surface area contributed by atoms with Gasteiger partial charge in [0.2, 0.25) is 0 Å². The molecule has 0 amide bonds. The smallest absolute Gasteiger partial charge is 0.462 e. The molecule has 0 aromatic carbocycles. The summed E-state index contributed by atoms with van der Waals surface area (Å²) in [5.41, 5.74) is 0. The second-order valence-corrected chi connectivity index (χ2v) is 33.4. The maximum Gasteiger partial charge on any atom is 0.472 e. The van der Waals surface area contributed by atoms with Crippen LogP contribution in [0.3, 0.4) is 0 Å². The van der Waals surface area contributed by atoms with Crippen LogP contribution in [0.4, 0.5) is 0 Å². The zero-order valence-electron chi connectivity index (χ0n) is 65.1. The number of carbonyl (C=O) groups excluding carboxylic acids is 4. The fourth-order valence-corrected chi connectivity index (χ4v) is 13.8. The molecule has 0 heterocycles. The number of hydrogen-bond donors (Lipinski definition) is 3. The molecule has 588 valence electrons. The first-order chi connectivity index (χ1) is 47.6. The van der Waals surface area contributed by atoms with Crippen molar-refractivity contribution in [1.29, 1.82) is 0 Å². The van der Waals surface area contributed by atoms with E-state index >= 15 is 0 Å². The highest BCUT2D eigenvalue weighted by atomic mass is 31.2. The lowest BCUT2D eigenvalue weighted by Crippen LogP contribution is -2.30. The molecule has 0 fully saturated rings. The van der Waals surface area contributed by atoms with E-state index in [0.29, 0.717) is 31.6 Å². The van der Waals surface area contributed by atoms with Gasteiger partial charge in [-0.05, 0) is 49.4 Å². The lowest BCUT2D eigenvalue weighted by Gasteiger charge is -2.21. The SMILES string of the molecule is CCC(C)CCCCCCCCCCCCC(=O)O[C@H](COC(=O)CCCCCCCCCCCCCCC(C)C)COP(=O)(O)OCC(O)COP(=O)(O)OC[C@@H](COC(=O)CCCCCCCCC(C)C)OC(=O)CCCCCCCCCCCCCCCCCCCCC(C)C. The third kappa shape index (κ3) is 72.8. The standard InChI is InChI=1S/C80H156O17P2/c1-9-73(8)59-51-43-34-28-24-25-31-37-47-55-63-80(85)96-75(66-90-77(82)60-52-44-35-29-22-19-18-21-27-33-41-49-57-71(4)5)68-94-98(86,87)92-64-74(81)65-93-99(88,89)95-69-76(67-91-78(83)61-53-45-39-38-42-50-58-72(6)7)97-79(84)62-54-46-36-30-23-17-15-13-11-10-12-14-16-20-26-32-40-48-56-70(2)3/h70-76,81H,9-69H2,1-8H3,(H,86,87)(H,88,89)/t73?,74?,75-,76-/m1/s1. The normalized spacial score (nSPS) is 14.3. The van der Waals surface area contributed by atoms with Crippen molar-refractivity contribution in [3.05, 3.63) is 0 Å². The molecule has 0 bridgehead atoms. The summed E-state index contributed by atoms with van der Waals surface area (Å²) < 4.78 is 68.6. The summed E-state index contributed by atoms with van der Waals surface area (Å²) in [6, 6.07) is 0. The molecule has 0 spiro atoms. The summed E-state index contributed by atoms with van der Waals surface area (Å²) in [4.78, 5) is 72.9. The Kier molecular flexibility index (Phi) is 67.8. The van der Waals surface area contributed by atoms with Crippen LogP contribution in [0.25, 0.3) is 0 Å². The fourth-order valence-electron chi connectivity index (χ4n) is 12.2. The molecule has 0 aliphatic heterocycles. The molecular weight excluding hydrogens is 1290 g/mol. The Bertz CT molecular complexity index is 1940. The highest BCUT2D eigenvalue weighted by Crippen LogP contribution is 2.45. The van der Waals surface area contributed by atoms with Gasteiger partial charge in [0.25, 0.3) is 0 Å². The predicted molar refractivity (Wildman–Crippen MR) is 404 cm³/mol. The summed E-state index contributed by atoms with van der Waals surface area (Å²) in [5, 5.41) is 10.6. The molecule has 0 radical (unpaired) electrons. The lowest BCUT2D eigenvalue weighted by molar-refractivity contribution is -0.161.